The lowest BCUT2D eigenvalue weighted by Gasteiger charge is -2.17. The number of hydrogen-bond donors (Lipinski definition) is 3. The SMILES string of the molecule is CCCOc1ccc(C(CSCC(O)CO)NC)cc1. The van der Waals surface area contributed by atoms with Crippen molar-refractivity contribution in [2.24, 2.45) is 0 Å². The third kappa shape index (κ3) is 6.13. The van der Waals surface area contributed by atoms with E-state index in [-0.39, 0.29) is 12.6 Å². The maximum Gasteiger partial charge on any atom is 0.119 e. The van der Waals surface area contributed by atoms with Gasteiger partial charge in [-0.25, -0.2) is 0 Å². The molecule has 2 atom stereocenters. The molecule has 3 N–H and O–H groups in total. The Kier molecular flexibility index (Phi) is 8.69. The Morgan fingerprint density at radius 3 is 2.50 bits per heavy atom. The molecule has 0 aliphatic carbocycles. The summed E-state index contributed by atoms with van der Waals surface area (Å²) in [5.41, 5.74) is 1.20. The van der Waals surface area contributed by atoms with Crippen LogP contribution in [0.1, 0.15) is 24.9 Å². The van der Waals surface area contributed by atoms with Crippen molar-refractivity contribution in [3.63, 3.8) is 0 Å². The summed E-state index contributed by atoms with van der Waals surface area (Å²) in [5.74, 6) is 2.29. The van der Waals surface area contributed by atoms with Crippen LogP contribution >= 0.6 is 11.8 Å². The Morgan fingerprint density at radius 1 is 1.25 bits per heavy atom. The third-order valence-corrected chi connectivity index (χ3v) is 4.10. The van der Waals surface area contributed by atoms with Crippen LogP contribution in [0.2, 0.25) is 0 Å². The van der Waals surface area contributed by atoms with Gasteiger partial charge in [-0.2, -0.15) is 11.8 Å². The molecule has 0 aromatic heterocycles. The van der Waals surface area contributed by atoms with Crippen molar-refractivity contribution >= 4 is 11.8 Å². The minimum atomic E-state index is -0.637. The fourth-order valence-electron chi connectivity index (χ4n) is 1.74. The minimum Gasteiger partial charge on any atom is -0.494 e. The molecule has 0 saturated heterocycles. The van der Waals surface area contributed by atoms with Gasteiger partial charge in [0.15, 0.2) is 0 Å². The molecule has 4 nitrogen and oxygen atoms in total. The van der Waals surface area contributed by atoms with Gasteiger partial charge in [-0.1, -0.05) is 19.1 Å². The van der Waals surface area contributed by atoms with Crippen molar-refractivity contribution in [2.45, 2.75) is 25.5 Å². The molecule has 1 rings (SSSR count). The van der Waals surface area contributed by atoms with Crippen molar-refractivity contribution in [3.05, 3.63) is 29.8 Å². The molecule has 114 valence electrons. The Labute approximate surface area is 125 Å². The molecule has 2 unspecified atom stereocenters. The second-order valence-electron chi connectivity index (χ2n) is 4.63. The van der Waals surface area contributed by atoms with Crippen LogP contribution in [0.4, 0.5) is 0 Å². The van der Waals surface area contributed by atoms with Crippen molar-refractivity contribution in [1.29, 1.82) is 0 Å². The van der Waals surface area contributed by atoms with E-state index in [2.05, 4.69) is 24.4 Å². The second kappa shape index (κ2) is 10.0. The molecule has 0 radical (unpaired) electrons. The number of nitrogens with one attached hydrogen (secondary N) is 1. The van der Waals surface area contributed by atoms with Crippen molar-refractivity contribution in [3.8, 4) is 5.75 Å². The van der Waals surface area contributed by atoms with Gasteiger partial charge in [0.05, 0.1) is 19.3 Å². The average molecular weight is 299 g/mol. The van der Waals surface area contributed by atoms with Crippen LogP contribution < -0.4 is 10.1 Å². The molecule has 0 aliphatic rings. The van der Waals surface area contributed by atoms with Gasteiger partial charge in [0.2, 0.25) is 0 Å². The first kappa shape index (κ1) is 17.3. The Bertz CT molecular complexity index is 359. The van der Waals surface area contributed by atoms with E-state index in [4.69, 9.17) is 9.84 Å². The molecule has 0 heterocycles. The third-order valence-electron chi connectivity index (χ3n) is 2.91. The van der Waals surface area contributed by atoms with E-state index in [1.54, 1.807) is 11.8 Å². The molecule has 5 heteroatoms. The summed E-state index contributed by atoms with van der Waals surface area (Å²) in [5, 5.41) is 21.4. The van der Waals surface area contributed by atoms with Crippen LogP contribution in [0.3, 0.4) is 0 Å². The number of benzene rings is 1. The highest BCUT2D eigenvalue weighted by atomic mass is 32.2. The number of hydrogen-bond acceptors (Lipinski definition) is 5. The zero-order valence-corrected chi connectivity index (χ0v) is 13.0. The number of ether oxygens (including phenoxy) is 1. The van der Waals surface area contributed by atoms with Crippen LogP contribution in [0.25, 0.3) is 0 Å². The van der Waals surface area contributed by atoms with E-state index in [0.717, 1.165) is 24.5 Å². The number of rotatable bonds is 10. The van der Waals surface area contributed by atoms with E-state index in [9.17, 15) is 5.11 Å². The smallest absolute Gasteiger partial charge is 0.119 e. The van der Waals surface area contributed by atoms with Crippen LogP contribution in [0.15, 0.2) is 24.3 Å². The maximum atomic E-state index is 9.33. The van der Waals surface area contributed by atoms with Gasteiger partial charge in [-0.3, -0.25) is 0 Å². The van der Waals surface area contributed by atoms with Crippen LogP contribution in [0, 0.1) is 0 Å². The maximum absolute atomic E-state index is 9.33. The summed E-state index contributed by atoms with van der Waals surface area (Å²) in [6.07, 6.45) is 0.368. The molecular weight excluding hydrogens is 274 g/mol. The van der Waals surface area contributed by atoms with E-state index >= 15 is 0 Å². The topological polar surface area (TPSA) is 61.7 Å². The zero-order valence-electron chi connectivity index (χ0n) is 12.2. The van der Waals surface area contributed by atoms with Crippen molar-refractivity contribution in [2.75, 3.05) is 31.8 Å². The highest BCUT2D eigenvalue weighted by molar-refractivity contribution is 7.99. The quantitative estimate of drug-likeness (QED) is 0.615. The Morgan fingerprint density at radius 2 is 1.95 bits per heavy atom. The van der Waals surface area contributed by atoms with Crippen LogP contribution in [-0.2, 0) is 0 Å². The highest BCUT2D eigenvalue weighted by Gasteiger charge is 2.11. The molecule has 0 spiro atoms. The zero-order chi connectivity index (χ0) is 14.8. The summed E-state index contributed by atoms with van der Waals surface area (Å²) in [6, 6.07) is 8.33. The number of thioether (sulfide) groups is 1. The standard InChI is InChI=1S/C15H25NO3S/c1-3-8-19-14-6-4-12(5-7-14)15(16-2)11-20-10-13(18)9-17/h4-7,13,15-18H,3,8-11H2,1-2H3. The molecule has 0 fully saturated rings. The number of aliphatic hydroxyl groups is 2. The molecule has 0 bridgehead atoms. The molecule has 1 aromatic rings. The summed E-state index contributed by atoms with van der Waals surface area (Å²) in [7, 11) is 1.93. The lowest BCUT2D eigenvalue weighted by molar-refractivity contribution is 0.113. The monoisotopic (exact) mass is 299 g/mol. The lowest BCUT2D eigenvalue weighted by atomic mass is 10.1. The van der Waals surface area contributed by atoms with Gasteiger partial charge in [0.25, 0.3) is 0 Å². The van der Waals surface area contributed by atoms with E-state index < -0.39 is 6.10 Å². The largest absolute Gasteiger partial charge is 0.494 e. The van der Waals surface area contributed by atoms with Crippen LogP contribution in [0.5, 0.6) is 5.75 Å². The molecule has 1 aromatic carbocycles. The Hall–Kier alpha value is -0.750. The first-order valence-electron chi connectivity index (χ1n) is 6.98. The summed E-state index contributed by atoms with van der Waals surface area (Å²) in [4.78, 5) is 0. The number of aliphatic hydroxyl groups excluding tert-OH is 2. The highest BCUT2D eigenvalue weighted by Crippen LogP contribution is 2.21. The normalized spacial score (nSPS) is 14.0. The van der Waals surface area contributed by atoms with Gasteiger partial charge in [-0.15, -0.1) is 0 Å². The van der Waals surface area contributed by atoms with E-state index in [1.165, 1.54) is 5.56 Å². The summed E-state index contributed by atoms with van der Waals surface area (Å²) in [6.45, 7) is 2.65. The first-order chi connectivity index (χ1) is 9.71. The molecule has 0 saturated carbocycles. The van der Waals surface area contributed by atoms with Gasteiger partial charge < -0.3 is 20.3 Å². The molecule has 0 aliphatic heterocycles. The molecule has 0 amide bonds. The van der Waals surface area contributed by atoms with Crippen LogP contribution in [-0.4, -0.2) is 48.1 Å². The lowest BCUT2D eigenvalue weighted by Crippen LogP contribution is -2.21. The average Bonchev–Trinajstić information content (AvgIpc) is 2.50. The van der Waals surface area contributed by atoms with Gasteiger partial charge in [-0.05, 0) is 31.2 Å². The van der Waals surface area contributed by atoms with Gasteiger partial charge in [0, 0.05) is 17.5 Å². The summed E-state index contributed by atoms with van der Waals surface area (Å²) >= 11 is 1.63. The second-order valence-corrected chi connectivity index (χ2v) is 5.71. The van der Waals surface area contributed by atoms with Gasteiger partial charge in [0.1, 0.15) is 5.75 Å². The Balaban J connectivity index is 2.47. The van der Waals surface area contributed by atoms with E-state index in [0.29, 0.717) is 5.75 Å². The van der Waals surface area contributed by atoms with Crippen molar-refractivity contribution < 1.29 is 14.9 Å². The van der Waals surface area contributed by atoms with Gasteiger partial charge >= 0.3 is 0 Å². The molecular formula is C15H25NO3S. The fourth-order valence-corrected chi connectivity index (χ4v) is 2.85. The predicted molar refractivity (Wildman–Crippen MR) is 84.4 cm³/mol. The first-order valence-corrected chi connectivity index (χ1v) is 8.13. The van der Waals surface area contributed by atoms with E-state index in [1.807, 2.05) is 19.2 Å². The fraction of sp³-hybridized carbons (Fsp3) is 0.600. The van der Waals surface area contributed by atoms with Crippen molar-refractivity contribution in [1.82, 2.24) is 5.32 Å². The summed E-state index contributed by atoms with van der Waals surface area (Å²) < 4.78 is 5.56. The molecule has 20 heavy (non-hydrogen) atoms. The minimum absolute atomic E-state index is 0.180. The predicted octanol–water partition coefficient (Wildman–Crippen LogP) is 1.82.